The summed E-state index contributed by atoms with van der Waals surface area (Å²) in [5.41, 5.74) is 0.862. The first-order valence-corrected chi connectivity index (χ1v) is 7.86. The summed E-state index contributed by atoms with van der Waals surface area (Å²) in [6, 6.07) is 9.56. The quantitative estimate of drug-likeness (QED) is 0.558. The lowest BCUT2D eigenvalue weighted by molar-refractivity contribution is -0.909. The molecule has 0 radical (unpaired) electrons. The van der Waals surface area contributed by atoms with Crippen molar-refractivity contribution in [1.82, 2.24) is 0 Å². The van der Waals surface area contributed by atoms with Gasteiger partial charge in [-0.2, -0.15) is 0 Å². The van der Waals surface area contributed by atoms with E-state index < -0.39 is 0 Å². The number of nitrogens with two attached hydrogens (primary N) is 1. The van der Waals surface area contributed by atoms with Crippen molar-refractivity contribution < 1.29 is 19.7 Å². The van der Waals surface area contributed by atoms with Crippen LogP contribution in [0.1, 0.15) is 13.3 Å². The van der Waals surface area contributed by atoms with Gasteiger partial charge in [-0.1, -0.05) is 18.2 Å². The van der Waals surface area contributed by atoms with Crippen molar-refractivity contribution in [3.05, 3.63) is 30.3 Å². The summed E-state index contributed by atoms with van der Waals surface area (Å²) in [7, 11) is 0. The molecule has 1 amide bonds. The zero-order valence-corrected chi connectivity index (χ0v) is 12.8. The standard InChI is InChI=1S/C16H25N3O2/c1-14(16(20)18-15-6-3-2-4-7-15)17-8-5-9-19-10-12-21-13-11-19/h2-4,6-7,14,17H,5,8-13H2,1H3,(H,18,20)/p+2/t14-/m1/s1. The highest BCUT2D eigenvalue weighted by Crippen LogP contribution is 2.04. The molecule has 1 atom stereocenters. The van der Waals surface area contributed by atoms with Crippen LogP contribution in [0, 0.1) is 0 Å². The van der Waals surface area contributed by atoms with E-state index in [0.29, 0.717) is 0 Å². The minimum atomic E-state index is -0.0510. The van der Waals surface area contributed by atoms with E-state index in [9.17, 15) is 4.79 Å². The van der Waals surface area contributed by atoms with Crippen molar-refractivity contribution in [3.63, 3.8) is 0 Å². The predicted octanol–water partition coefficient (Wildman–Crippen LogP) is -1.12. The zero-order valence-electron chi connectivity index (χ0n) is 12.8. The third-order valence-electron chi connectivity index (χ3n) is 3.91. The van der Waals surface area contributed by atoms with Crippen molar-refractivity contribution in [1.29, 1.82) is 0 Å². The van der Waals surface area contributed by atoms with Gasteiger partial charge in [-0.25, -0.2) is 0 Å². The maximum absolute atomic E-state index is 12.0. The second kappa shape index (κ2) is 8.77. The molecule has 116 valence electrons. The van der Waals surface area contributed by atoms with E-state index in [1.807, 2.05) is 37.3 Å². The fourth-order valence-corrected chi connectivity index (χ4v) is 2.51. The molecular weight excluding hydrogens is 266 g/mol. The monoisotopic (exact) mass is 293 g/mol. The highest BCUT2D eigenvalue weighted by molar-refractivity contribution is 5.93. The molecule has 1 aliphatic heterocycles. The molecule has 1 heterocycles. The Balaban J connectivity index is 1.60. The molecule has 0 unspecified atom stereocenters. The van der Waals surface area contributed by atoms with Crippen molar-refractivity contribution in [2.24, 2.45) is 0 Å². The van der Waals surface area contributed by atoms with Gasteiger partial charge in [-0.3, -0.25) is 4.79 Å². The SMILES string of the molecule is C[C@@H]([NH2+]CCC[NH+]1CCOCC1)C(=O)Nc1ccccc1. The fraction of sp³-hybridized carbons (Fsp3) is 0.562. The summed E-state index contributed by atoms with van der Waals surface area (Å²) < 4.78 is 5.35. The topological polar surface area (TPSA) is 59.4 Å². The number of carbonyl (C=O) groups is 1. The molecule has 5 nitrogen and oxygen atoms in total. The summed E-state index contributed by atoms with van der Waals surface area (Å²) in [5.74, 6) is 0.0694. The number of nitrogens with one attached hydrogen (secondary N) is 2. The van der Waals surface area contributed by atoms with Crippen LogP contribution in [0.2, 0.25) is 0 Å². The van der Waals surface area contributed by atoms with Crippen LogP contribution >= 0.6 is 0 Å². The second-order valence-corrected chi connectivity index (χ2v) is 5.63. The molecule has 1 aromatic rings. The zero-order chi connectivity index (χ0) is 14.9. The van der Waals surface area contributed by atoms with Crippen LogP contribution in [0.25, 0.3) is 0 Å². The van der Waals surface area contributed by atoms with Gasteiger partial charge in [0, 0.05) is 12.1 Å². The lowest BCUT2D eigenvalue weighted by atomic mass is 10.2. The molecule has 1 fully saturated rings. The average Bonchev–Trinajstić information content (AvgIpc) is 2.53. The molecule has 2 rings (SSSR count). The summed E-state index contributed by atoms with van der Waals surface area (Å²) in [5, 5.41) is 5.06. The lowest BCUT2D eigenvalue weighted by Gasteiger charge is -2.23. The first-order valence-electron chi connectivity index (χ1n) is 7.86. The minimum absolute atomic E-state index is 0.0510. The van der Waals surface area contributed by atoms with Crippen LogP contribution in [0.3, 0.4) is 0 Å². The molecule has 21 heavy (non-hydrogen) atoms. The Hall–Kier alpha value is -1.43. The summed E-state index contributed by atoms with van der Waals surface area (Å²) in [4.78, 5) is 13.7. The number of benzene rings is 1. The van der Waals surface area contributed by atoms with Crippen molar-refractivity contribution in [2.45, 2.75) is 19.4 Å². The normalized spacial score (nSPS) is 17.4. The Kier molecular flexibility index (Phi) is 6.66. The molecule has 1 saturated heterocycles. The number of morpholine rings is 1. The number of rotatable bonds is 7. The third-order valence-corrected chi connectivity index (χ3v) is 3.91. The number of carbonyl (C=O) groups excluding carboxylic acids is 1. The van der Waals surface area contributed by atoms with Gasteiger partial charge in [0.25, 0.3) is 5.91 Å². The molecular formula is C16H27N3O2+2. The van der Waals surface area contributed by atoms with Gasteiger partial charge < -0.3 is 20.3 Å². The molecule has 5 heteroatoms. The van der Waals surface area contributed by atoms with Gasteiger partial charge in [0.15, 0.2) is 6.04 Å². The number of anilines is 1. The number of hydrogen-bond donors (Lipinski definition) is 3. The van der Waals surface area contributed by atoms with Crippen molar-refractivity contribution in [3.8, 4) is 0 Å². The number of para-hydroxylation sites is 1. The first kappa shape index (κ1) is 15.9. The molecule has 4 N–H and O–H groups in total. The van der Waals surface area contributed by atoms with E-state index in [1.54, 1.807) is 4.90 Å². The summed E-state index contributed by atoms with van der Waals surface area (Å²) >= 11 is 0. The maximum Gasteiger partial charge on any atom is 0.282 e. The Labute approximate surface area is 126 Å². The maximum atomic E-state index is 12.0. The van der Waals surface area contributed by atoms with Crippen molar-refractivity contribution >= 4 is 11.6 Å². The molecule has 0 aliphatic carbocycles. The Morgan fingerprint density at radius 3 is 2.76 bits per heavy atom. The minimum Gasteiger partial charge on any atom is -0.370 e. The van der Waals surface area contributed by atoms with Crippen LogP contribution in [0.15, 0.2) is 30.3 Å². The molecule has 1 aliphatic rings. The molecule has 0 saturated carbocycles. The van der Waals surface area contributed by atoms with E-state index in [0.717, 1.165) is 45.0 Å². The predicted molar refractivity (Wildman–Crippen MR) is 82.3 cm³/mol. The van der Waals surface area contributed by atoms with Gasteiger partial charge in [0.2, 0.25) is 0 Å². The number of ether oxygens (including phenoxy) is 1. The highest BCUT2D eigenvalue weighted by Gasteiger charge is 2.17. The fourth-order valence-electron chi connectivity index (χ4n) is 2.51. The van der Waals surface area contributed by atoms with E-state index in [1.165, 1.54) is 6.54 Å². The average molecular weight is 293 g/mol. The number of amides is 1. The Morgan fingerprint density at radius 1 is 1.33 bits per heavy atom. The smallest absolute Gasteiger partial charge is 0.282 e. The number of quaternary nitrogens is 2. The van der Waals surface area contributed by atoms with E-state index in [2.05, 4.69) is 10.6 Å². The van der Waals surface area contributed by atoms with E-state index >= 15 is 0 Å². The van der Waals surface area contributed by atoms with Gasteiger partial charge in [-0.15, -0.1) is 0 Å². The van der Waals surface area contributed by atoms with Crippen molar-refractivity contribution in [2.75, 3.05) is 44.7 Å². The van der Waals surface area contributed by atoms with Gasteiger partial charge >= 0.3 is 0 Å². The van der Waals surface area contributed by atoms with Crippen LogP contribution < -0.4 is 15.5 Å². The second-order valence-electron chi connectivity index (χ2n) is 5.63. The summed E-state index contributed by atoms with van der Waals surface area (Å²) in [6.07, 6.45) is 1.14. The highest BCUT2D eigenvalue weighted by atomic mass is 16.5. The third kappa shape index (κ3) is 5.83. The Bertz CT molecular complexity index is 419. The van der Waals surface area contributed by atoms with E-state index in [-0.39, 0.29) is 11.9 Å². The van der Waals surface area contributed by atoms with Gasteiger partial charge in [0.1, 0.15) is 13.1 Å². The van der Waals surface area contributed by atoms with Crippen LogP contribution in [0.4, 0.5) is 5.69 Å². The van der Waals surface area contributed by atoms with Crippen LogP contribution in [-0.2, 0) is 9.53 Å². The lowest BCUT2D eigenvalue weighted by Crippen LogP contribution is -3.14. The molecule has 0 spiro atoms. The van der Waals surface area contributed by atoms with Gasteiger partial charge in [-0.05, 0) is 19.1 Å². The largest absolute Gasteiger partial charge is 0.370 e. The summed E-state index contributed by atoms with van der Waals surface area (Å²) in [6.45, 7) is 8.12. The first-order chi connectivity index (χ1) is 10.3. The Morgan fingerprint density at radius 2 is 2.05 bits per heavy atom. The van der Waals surface area contributed by atoms with Crippen LogP contribution in [-0.4, -0.2) is 51.3 Å². The molecule has 0 aromatic heterocycles. The van der Waals surface area contributed by atoms with Gasteiger partial charge in [0.05, 0.1) is 26.3 Å². The molecule has 1 aromatic carbocycles. The molecule has 0 bridgehead atoms. The number of hydrogen-bond acceptors (Lipinski definition) is 2. The van der Waals surface area contributed by atoms with Crippen LogP contribution in [0.5, 0.6) is 0 Å². The van der Waals surface area contributed by atoms with E-state index in [4.69, 9.17) is 4.74 Å².